The van der Waals surface area contributed by atoms with E-state index in [-0.39, 0.29) is 35.6 Å². The Morgan fingerprint density at radius 2 is 1.80 bits per heavy atom. The molecule has 0 N–H and O–H groups in total. The van der Waals surface area contributed by atoms with Crippen LogP contribution < -0.4 is 0 Å². The second kappa shape index (κ2) is 8.96. The Hall–Kier alpha value is 1.19. The summed E-state index contributed by atoms with van der Waals surface area (Å²) in [6, 6.07) is 0. The van der Waals surface area contributed by atoms with Crippen molar-refractivity contribution in [2.24, 2.45) is 0 Å². The molecule has 0 spiro atoms. The second-order valence-electron chi connectivity index (χ2n) is 0.854. The van der Waals surface area contributed by atoms with Crippen LogP contribution in [0.5, 0.6) is 0 Å². The van der Waals surface area contributed by atoms with Gasteiger partial charge in [0.1, 0.15) is 0 Å². The summed E-state index contributed by atoms with van der Waals surface area (Å²) < 4.78 is 0. The van der Waals surface area contributed by atoms with Crippen molar-refractivity contribution in [3.8, 4) is 0 Å². The van der Waals surface area contributed by atoms with Gasteiger partial charge in [0.05, 0.1) is 0 Å². The van der Waals surface area contributed by atoms with Crippen LogP contribution in [0, 0.1) is 42.5 Å². The van der Waals surface area contributed by atoms with Gasteiger partial charge in [0, 0.05) is 35.6 Å². The molecule has 0 saturated carbocycles. The van der Waals surface area contributed by atoms with Gasteiger partial charge < -0.3 is 6.92 Å². The maximum Gasteiger partial charge on any atom is 0 e. The fraction of sp³-hybridized carbons (Fsp3) is 0.750. The van der Waals surface area contributed by atoms with Gasteiger partial charge in [-0.3, -0.25) is 0 Å². The van der Waals surface area contributed by atoms with Gasteiger partial charge >= 0.3 is 0 Å². The van der Waals surface area contributed by atoms with Crippen LogP contribution in [0.4, 0.5) is 0 Å². The summed E-state index contributed by atoms with van der Waals surface area (Å²) in [5, 5.41) is 0. The van der Waals surface area contributed by atoms with Crippen molar-refractivity contribution in [3.63, 3.8) is 0 Å². The monoisotopic (exact) mass is 196 g/mol. The Balaban J connectivity index is 0. The number of hydrogen-bond acceptors (Lipinski definition) is 0. The zero-order valence-corrected chi connectivity index (χ0v) is 7.32. The third kappa shape index (κ3) is 11.0. The Labute approximate surface area is 61.9 Å². The molecule has 0 aromatic carbocycles. The SMILES string of the molecule is [CH2-]CCC.[La]. The summed E-state index contributed by atoms with van der Waals surface area (Å²) in [6.45, 7) is 5.72. The zero-order valence-electron chi connectivity index (χ0n) is 3.70. The minimum atomic E-state index is 0. The minimum Gasteiger partial charge on any atom is -0.343 e. The summed E-state index contributed by atoms with van der Waals surface area (Å²) >= 11 is 0. The molecule has 0 aromatic rings. The van der Waals surface area contributed by atoms with E-state index in [1.807, 2.05) is 0 Å². The first-order valence-electron chi connectivity index (χ1n) is 1.71. The van der Waals surface area contributed by atoms with Gasteiger partial charge in [0.2, 0.25) is 0 Å². The number of hydrogen-bond donors (Lipinski definition) is 0. The molecular weight excluding hydrogens is 187 g/mol. The van der Waals surface area contributed by atoms with E-state index in [1.54, 1.807) is 0 Å². The normalized spacial score (nSPS) is 6.00. The summed E-state index contributed by atoms with van der Waals surface area (Å²) in [7, 11) is 0. The van der Waals surface area contributed by atoms with E-state index in [0.29, 0.717) is 0 Å². The summed E-state index contributed by atoms with van der Waals surface area (Å²) in [6.07, 6.45) is 2.28. The topological polar surface area (TPSA) is 0 Å². The molecule has 0 amide bonds. The molecule has 0 unspecified atom stereocenters. The molecule has 1 heteroatoms. The summed E-state index contributed by atoms with van der Waals surface area (Å²) in [5.41, 5.74) is 0. The molecule has 29 valence electrons. The number of rotatable bonds is 1. The molecular formula is C4H9La-. The molecule has 0 saturated heterocycles. The Bertz CT molecular complexity index is 5.61. The summed E-state index contributed by atoms with van der Waals surface area (Å²) in [4.78, 5) is 0. The first-order chi connectivity index (χ1) is 1.91. The van der Waals surface area contributed by atoms with Gasteiger partial charge in [-0.2, -0.15) is 6.42 Å². The van der Waals surface area contributed by atoms with Gasteiger partial charge in [0.15, 0.2) is 0 Å². The standard InChI is InChI=1S/C4H9.La/c1-3-4-2;/h1,3-4H2,2H3;/q-1;. The van der Waals surface area contributed by atoms with E-state index < -0.39 is 0 Å². The summed E-state index contributed by atoms with van der Waals surface area (Å²) in [5.74, 6) is 0. The van der Waals surface area contributed by atoms with Crippen molar-refractivity contribution in [3.05, 3.63) is 6.92 Å². The van der Waals surface area contributed by atoms with E-state index >= 15 is 0 Å². The van der Waals surface area contributed by atoms with Crippen molar-refractivity contribution in [2.75, 3.05) is 0 Å². The van der Waals surface area contributed by atoms with Crippen LogP contribution in [-0.2, 0) is 0 Å². The van der Waals surface area contributed by atoms with Gasteiger partial charge in [-0.15, -0.1) is 0 Å². The number of unbranched alkanes of at least 4 members (excludes halogenated alkanes) is 1. The fourth-order valence-corrected chi connectivity index (χ4v) is 0. The second-order valence-corrected chi connectivity index (χ2v) is 0.854. The molecule has 5 heavy (non-hydrogen) atoms. The van der Waals surface area contributed by atoms with Crippen LogP contribution in [0.25, 0.3) is 0 Å². The van der Waals surface area contributed by atoms with E-state index in [4.69, 9.17) is 0 Å². The Morgan fingerprint density at radius 1 is 1.60 bits per heavy atom. The van der Waals surface area contributed by atoms with Crippen molar-refractivity contribution in [2.45, 2.75) is 19.8 Å². The Kier molecular flexibility index (Phi) is 17.0. The third-order valence-corrected chi connectivity index (χ3v) is 0.354. The predicted octanol–water partition coefficient (Wildman–Crippen LogP) is 1.62. The quantitative estimate of drug-likeness (QED) is 0.559. The average molecular weight is 196 g/mol. The van der Waals surface area contributed by atoms with Crippen LogP contribution in [0.2, 0.25) is 0 Å². The zero-order chi connectivity index (χ0) is 3.41. The molecule has 0 nitrogen and oxygen atoms in total. The van der Waals surface area contributed by atoms with Crippen LogP contribution in [0.15, 0.2) is 0 Å². The fourth-order valence-electron chi connectivity index (χ4n) is 0. The largest absolute Gasteiger partial charge is 0.343 e. The Morgan fingerprint density at radius 3 is 1.80 bits per heavy atom. The van der Waals surface area contributed by atoms with E-state index in [0.717, 1.165) is 6.42 Å². The van der Waals surface area contributed by atoms with Crippen LogP contribution in [-0.4, -0.2) is 0 Å². The van der Waals surface area contributed by atoms with Crippen LogP contribution in [0.3, 0.4) is 0 Å². The van der Waals surface area contributed by atoms with Crippen LogP contribution >= 0.6 is 0 Å². The van der Waals surface area contributed by atoms with Gasteiger partial charge in [-0.05, 0) is 0 Å². The first-order valence-corrected chi connectivity index (χ1v) is 1.71. The van der Waals surface area contributed by atoms with Crippen molar-refractivity contribution < 1.29 is 35.6 Å². The first kappa shape index (κ1) is 9.50. The van der Waals surface area contributed by atoms with E-state index in [9.17, 15) is 0 Å². The molecule has 0 bridgehead atoms. The van der Waals surface area contributed by atoms with Crippen molar-refractivity contribution in [1.82, 2.24) is 0 Å². The van der Waals surface area contributed by atoms with Crippen molar-refractivity contribution in [1.29, 1.82) is 0 Å². The van der Waals surface area contributed by atoms with Gasteiger partial charge in [-0.25, -0.2) is 0 Å². The molecule has 0 aliphatic rings. The maximum absolute atomic E-state index is 3.60. The molecule has 1 radical (unpaired) electrons. The maximum atomic E-state index is 3.60. The molecule has 0 fully saturated rings. The average Bonchev–Trinajstić information content (AvgIpc) is 1.37. The molecule has 0 atom stereocenters. The third-order valence-electron chi connectivity index (χ3n) is 0.354. The van der Waals surface area contributed by atoms with E-state index in [2.05, 4.69) is 13.8 Å². The minimum absolute atomic E-state index is 0. The molecule has 0 heterocycles. The van der Waals surface area contributed by atoms with E-state index in [1.165, 1.54) is 6.42 Å². The molecule has 0 aliphatic heterocycles. The molecule has 0 aliphatic carbocycles. The molecule has 0 rings (SSSR count). The van der Waals surface area contributed by atoms with Crippen LogP contribution in [0.1, 0.15) is 19.8 Å². The van der Waals surface area contributed by atoms with Gasteiger partial charge in [-0.1, -0.05) is 13.3 Å². The van der Waals surface area contributed by atoms with Gasteiger partial charge in [0.25, 0.3) is 0 Å². The molecule has 0 aromatic heterocycles. The smallest absolute Gasteiger partial charge is 0 e. The van der Waals surface area contributed by atoms with Crippen molar-refractivity contribution >= 4 is 0 Å². The predicted molar refractivity (Wildman–Crippen MR) is 20.3 cm³/mol.